The van der Waals surface area contributed by atoms with Crippen LogP contribution in [0.2, 0.25) is 0 Å². The summed E-state index contributed by atoms with van der Waals surface area (Å²) in [4.78, 5) is 12.0. The highest BCUT2D eigenvalue weighted by Crippen LogP contribution is 2.15. The van der Waals surface area contributed by atoms with Crippen molar-refractivity contribution in [3.05, 3.63) is 65.7 Å². The Morgan fingerprint density at radius 2 is 1.64 bits per heavy atom. The number of aromatic hydroxyl groups is 1. The van der Waals surface area contributed by atoms with Crippen LogP contribution in [0.25, 0.3) is 6.08 Å². The van der Waals surface area contributed by atoms with Crippen molar-refractivity contribution < 1.29 is 22.5 Å². The Bertz CT molecular complexity index is 787. The van der Waals surface area contributed by atoms with E-state index in [-0.39, 0.29) is 17.3 Å². The van der Waals surface area contributed by atoms with Crippen LogP contribution in [0.3, 0.4) is 0 Å². The summed E-state index contributed by atoms with van der Waals surface area (Å²) >= 11 is 0. The fourth-order valence-electron chi connectivity index (χ4n) is 1.70. The molecule has 114 valence electrons. The molecule has 5 nitrogen and oxygen atoms in total. The van der Waals surface area contributed by atoms with Gasteiger partial charge >= 0.3 is 10.1 Å². The van der Waals surface area contributed by atoms with E-state index in [1.807, 2.05) is 0 Å². The Hall–Kier alpha value is -2.60. The Morgan fingerprint density at radius 3 is 2.18 bits per heavy atom. The number of phenolic OH excluding ortho intramolecular Hbond substituents is 1. The Balaban J connectivity index is 2.08. The molecule has 0 spiro atoms. The Kier molecular flexibility index (Phi) is 4.62. The number of phenols is 1. The van der Waals surface area contributed by atoms with Crippen LogP contribution in [0.15, 0.2) is 54.6 Å². The lowest BCUT2D eigenvalue weighted by molar-refractivity contribution is 0.104. The first-order valence-corrected chi connectivity index (χ1v) is 8.16. The van der Waals surface area contributed by atoms with E-state index in [1.54, 1.807) is 18.2 Å². The van der Waals surface area contributed by atoms with E-state index in [9.17, 15) is 18.3 Å². The summed E-state index contributed by atoms with van der Waals surface area (Å²) in [6.07, 6.45) is 3.98. The minimum Gasteiger partial charge on any atom is -0.508 e. The second kappa shape index (κ2) is 6.44. The summed E-state index contributed by atoms with van der Waals surface area (Å²) in [6.45, 7) is 0. The number of carbonyl (C=O) groups is 1. The average Bonchev–Trinajstić information content (AvgIpc) is 2.45. The van der Waals surface area contributed by atoms with Crippen molar-refractivity contribution in [1.82, 2.24) is 0 Å². The average molecular weight is 318 g/mol. The van der Waals surface area contributed by atoms with Gasteiger partial charge in [0.1, 0.15) is 11.5 Å². The van der Waals surface area contributed by atoms with Crippen LogP contribution in [0.4, 0.5) is 0 Å². The Morgan fingerprint density at radius 1 is 1.05 bits per heavy atom. The van der Waals surface area contributed by atoms with E-state index in [0.717, 1.165) is 11.8 Å². The molecule has 0 heterocycles. The fourth-order valence-corrected chi connectivity index (χ4v) is 2.16. The smallest absolute Gasteiger partial charge is 0.306 e. The van der Waals surface area contributed by atoms with E-state index < -0.39 is 10.1 Å². The van der Waals surface area contributed by atoms with Crippen LogP contribution in [-0.4, -0.2) is 25.6 Å². The zero-order valence-electron chi connectivity index (χ0n) is 11.8. The minimum atomic E-state index is -3.58. The first-order valence-electron chi connectivity index (χ1n) is 6.34. The maximum Gasteiger partial charge on any atom is 0.306 e. The second-order valence-corrected chi connectivity index (χ2v) is 6.18. The van der Waals surface area contributed by atoms with Crippen molar-refractivity contribution in [2.45, 2.75) is 0 Å². The molecule has 0 aliphatic rings. The monoisotopic (exact) mass is 318 g/mol. The predicted octanol–water partition coefficient (Wildman–Crippen LogP) is 2.63. The second-order valence-electron chi connectivity index (χ2n) is 4.60. The van der Waals surface area contributed by atoms with E-state index >= 15 is 0 Å². The molecule has 0 atom stereocenters. The molecule has 0 unspecified atom stereocenters. The van der Waals surface area contributed by atoms with Gasteiger partial charge in [0.15, 0.2) is 5.78 Å². The zero-order valence-corrected chi connectivity index (χ0v) is 12.6. The third-order valence-electron chi connectivity index (χ3n) is 2.71. The van der Waals surface area contributed by atoms with Crippen molar-refractivity contribution in [3.63, 3.8) is 0 Å². The molecule has 1 N–H and O–H groups in total. The standard InChI is InChI=1S/C16H14O5S/c1-22(19,20)21-15-9-5-13(6-10-15)16(18)11-4-12-2-7-14(17)8-3-12/h2-11,17H,1H3/b11-4+. The van der Waals surface area contributed by atoms with Gasteiger partial charge in [-0.25, -0.2) is 0 Å². The van der Waals surface area contributed by atoms with Gasteiger partial charge in [0.2, 0.25) is 0 Å². The number of hydrogen-bond donors (Lipinski definition) is 1. The molecule has 0 saturated heterocycles. The minimum absolute atomic E-state index is 0.154. The lowest BCUT2D eigenvalue weighted by atomic mass is 10.1. The summed E-state index contributed by atoms with van der Waals surface area (Å²) in [5, 5.41) is 9.17. The molecule has 0 saturated carbocycles. The molecule has 0 amide bonds. The highest BCUT2D eigenvalue weighted by molar-refractivity contribution is 7.86. The Labute approximate surface area is 128 Å². The third kappa shape index (κ3) is 4.75. The van der Waals surface area contributed by atoms with Gasteiger partial charge in [-0.3, -0.25) is 4.79 Å². The topological polar surface area (TPSA) is 80.7 Å². The number of hydrogen-bond acceptors (Lipinski definition) is 5. The zero-order chi connectivity index (χ0) is 16.2. The van der Waals surface area contributed by atoms with Crippen LogP contribution in [0, 0.1) is 0 Å². The van der Waals surface area contributed by atoms with E-state index in [2.05, 4.69) is 0 Å². The van der Waals surface area contributed by atoms with Gasteiger partial charge in [0.25, 0.3) is 0 Å². The van der Waals surface area contributed by atoms with Crippen LogP contribution in [0.1, 0.15) is 15.9 Å². The molecule has 6 heteroatoms. The van der Waals surface area contributed by atoms with Crippen molar-refractivity contribution in [3.8, 4) is 11.5 Å². The van der Waals surface area contributed by atoms with E-state index in [0.29, 0.717) is 5.56 Å². The molecule has 0 aromatic heterocycles. The lowest BCUT2D eigenvalue weighted by Crippen LogP contribution is -2.05. The lowest BCUT2D eigenvalue weighted by Gasteiger charge is -2.03. The first-order chi connectivity index (χ1) is 10.3. The molecule has 0 aliphatic heterocycles. The first kappa shape index (κ1) is 15.8. The van der Waals surface area contributed by atoms with Gasteiger partial charge in [-0.05, 0) is 48.0 Å². The van der Waals surface area contributed by atoms with Gasteiger partial charge in [0, 0.05) is 5.56 Å². The summed E-state index contributed by atoms with van der Waals surface area (Å²) < 4.78 is 26.7. The number of benzene rings is 2. The summed E-state index contributed by atoms with van der Waals surface area (Å²) in [5.74, 6) is 0.0884. The van der Waals surface area contributed by atoms with Gasteiger partial charge in [0.05, 0.1) is 6.26 Å². The predicted molar refractivity (Wildman–Crippen MR) is 83.4 cm³/mol. The van der Waals surface area contributed by atoms with Gasteiger partial charge in [-0.15, -0.1) is 0 Å². The molecule has 22 heavy (non-hydrogen) atoms. The van der Waals surface area contributed by atoms with Crippen molar-refractivity contribution >= 4 is 22.0 Å². The molecule has 2 rings (SSSR count). The SMILES string of the molecule is CS(=O)(=O)Oc1ccc(C(=O)/C=C/c2ccc(O)cc2)cc1. The molecule has 0 fully saturated rings. The summed E-state index contributed by atoms with van der Waals surface area (Å²) in [5.41, 5.74) is 1.19. The number of carbonyl (C=O) groups excluding carboxylic acids is 1. The number of rotatable bonds is 5. The molecule has 0 radical (unpaired) electrons. The molecule has 2 aromatic rings. The maximum atomic E-state index is 12.0. The number of ketones is 1. The van der Waals surface area contributed by atoms with E-state index in [4.69, 9.17) is 4.18 Å². The van der Waals surface area contributed by atoms with Crippen LogP contribution >= 0.6 is 0 Å². The quantitative estimate of drug-likeness (QED) is 0.521. The fraction of sp³-hybridized carbons (Fsp3) is 0.0625. The van der Waals surface area contributed by atoms with Crippen LogP contribution in [-0.2, 0) is 10.1 Å². The van der Waals surface area contributed by atoms with Crippen molar-refractivity contribution in [1.29, 1.82) is 0 Å². The van der Waals surface area contributed by atoms with Gasteiger partial charge < -0.3 is 9.29 Å². The normalized spacial score (nSPS) is 11.5. The maximum absolute atomic E-state index is 12.0. The van der Waals surface area contributed by atoms with Crippen LogP contribution in [0.5, 0.6) is 11.5 Å². The third-order valence-corrected chi connectivity index (χ3v) is 3.20. The molecule has 2 aromatic carbocycles. The summed E-state index contributed by atoms with van der Waals surface area (Å²) in [7, 11) is -3.58. The van der Waals surface area contributed by atoms with Gasteiger partial charge in [-0.1, -0.05) is 18.2 Å². The molecule has 0 aliphatic carbocycles. The van der Waals surface area contributed by atoms with Crippen molar-refractivity contribution in [2.24, 2.45) is 0 Å². The molecular weight excluding hydrogens is 304 g/mol. The number of allylic oxidation sites excluding steroid dienone is 1. The van der Waals surface area contributed by atoms with Gasteiger partial charge in [-0.2, -0.15) is 8.42 Å². The molecular formula is C16H14O5S. The molecule has 0 bridgehead atoms. The largest absolute Gasteiger partial charge is 0.508 e. The van der Waals surface area contributed by atoms with E-state index in [1.165, 1.54) is 42.5 Å². The highest BCUT2D eigenvalue weighted by Gasteiger charge is 2.06. The summed E-state index contributed by atoms with van der Waals surface area (Å²) in [6, 6.07) is 12.2. The highest BCUT2D eigenvalue weighted by atomic mass is 32.2. The van der Waals surface area contributed by atoms with Crippen LogP contribution < -0.4 is 4.18 Å². The van der Waals surface area contributed by atoms with Crippen molar-refractivity contribution in [2.75, 3.05) is 6.26 Å².